The molecule has 0 radical (unpaired) electrons. The summed E-state index contributed by atoms with van der Waals surface area (Å²) in [4.78, 5) is 22.5. The Bertz CT molecular complexity index is 332. The highest BCUT2D eigenvalue weighted by Gasteiger charge is 2.05. The topological polar surface area (TPSA) is 46.2 Å². The Kier molecular flexibility index (Phi) is 3.08. The number of thiol groups is 1. The molecule has 4 heteroatoms. The van der Waals surface area contributed by atoms with Crippen LogP contribution in [0.3, 0.4) is 0 Å². The van der Waals surface area contributed by atoms with Gasteiger partial charge in [-0.25, -0.2) is 0 Å². The van der Waals surface area contributed by atoms with Gasteiger partial charge in [0.1, 0.15) is 0 Å². The quantitative estimate of drug-likeness (QED) is 0.662. The van der Waals surface area contributed by atoms with Crippen LogP contribution in [0.4, 0.5) is 0 Å². The highest BCUT2D eigenvalue weighted by Crippen LogP contribution is 2.07. The Morgan fingerprint density at radius 2 is 1.77 bits per heavy atom. The van der Waals surface area contributed by atoms with Gasteiger partial charge < -0.3 is 0 Å². The summed E-state index contributed by atoms with van der Waals surface area (Å²) in [6.45, 7) is 1.30. The first-order chi connectivity index (χ1) is 6.09. The molecule has 0 saturated heterocycles. The van der Waals surface area contributed by atoms with Gasteiger partial charge in [0.2, 0.25) is 5.91 Å². The molecule has 1 aromatic carbocycles. The first kappa shape index (κ1) is 9.80. The average molecular weight is 195 g/mol. The third-order valence-electron chi connectivity index (χ3n) is 1.42. The van der Waals surface area contributed by atoms with E-state index < -0.39 is 0 Å². The van der Waals surface area contributed by atoms with Gasteiger partial charge in [-0.1, -0.05) is 0 Å². The minimum absolute atomic E-state index is 0.361. The number of carbonyl (C=O) groups excluding carboxylic acids is 2. The summed E-state index contributed by atoms with van der Waals surface area (Å²) in [5, 5.41) is 2.18. The standard InChI is InChI=1S/C9H9NO2S/c1-6(11)10-9(12)7-2-4-8(13)5-3-7/h2-5,13H,1H3,(H,10,11,12). The molecule has 0 aliphatic heterocycles. The fourth-order valence-electron chi connectivity index (χ4n) is 0.845. The van der Waals surface area contributed by atoms with Crippen LogP contribution in [-0.4, -0.2) is 11.8 Å². The van der Waals surface area contributed by atoms with E-state index in [9.17, 15) is 9.59 Å². The van der Waals surface area contributed by atoms with Crippen molar-refractivity contribution < 1.29 is 9.59 Å². The number of hydrogen-bond donors (Lipinski definition) is 2. The van der Waals surface area contributed by atoms with Crippen LogP contribution in [-0.2, 0) is 4.79 Å². The first-order valence-corrected chi connectivity index (χ1v) is 4.15. The molecule has 1 N–H and O–H groups in total. The number of benzene rings is 1. The van der Waals surface area contributed by atoms with Crippen LogP contribution in [0.5, 0.6) is 0 Å². The Hall–Kier alpha value is -1.29. The molecule has 2 amide bonds. The predicted molar refractivity (Wildman–Crippen MR) is 51.8 cm³/mol. The first-order valence-electron chi connectivity index (χ1n) is 3.70. The van der Waals surface area contributed by atoms with Crippen LogP contribution in [0.1, 0.15) is 17.3 Å². The molecule has 0 unspecified atom stereocenters. The summed E-state index contributed by atoms with van der Waals surface area (Å²) in [5.74, 6) is -0.749. The summed E-state index contributed by atoms with van der Waals surface area (Å²) >= 11 is 4.07. The molecule has 0 heterocycles. The number of hydrogen-bond acceptors (Lipinski definition) is 3. The summed E-state index contributed by atoms with van der Waals surface area (Å²) in [6.07, 6.45) is 0. The smallest absolute Gasteiger partial charge is 0.257 e. The number of carbonyl (C=O) groups is 2. The maximum atomic E-state index is 11.2. The predicted octanol–water partition coefficient (Wildman–Crippen LogP) is 1.25. The lowest BCUT2D eigenvalue weighted by Crippen LogP contribution is -2.27. The molecular weight excluding hydrogens is 186 g/mol. The van der Waals surface area contributed by atoms with E-state index in [-0.39, 0.29) is 11.8 Å². The van der Waals surface area contributed by atoms with E-state index in [1.54, 1.807) is 24.3 Å². The largest absolute Gasteiger partial charge is 0.293 e. The Balaban J connectivity index is 2.78. The van der Waals surface area contributed by atoms with Gasteiger partial charge in [0, 0.05) is 17.4 Å². The summed E-state index contributed by atoms with van der Waals surface area (Å²) < 4.78 is 0. The van der Waals surface area contributed by atoms with Crippen molar-refractivity contribution in [3.63, 3.8) is 0 Å². The second-order valence-corrected chi connectivity index (χ2v) is 3.07. The Morgan fingerprint density at radius 1 is 1.23 bits per heavy atom. The van der Waals surface area contributed by atoms with Gasteiger partial charge in [0.05, 0.1) is 0 Å². The fourth-order valence-corrected chi connectivity index (χ4v) is 0.994. The van der Waals surface area contributed by atoms with Gasteiger partial charge >= 0.3 is 0 Å². The van der Waals surface area contributed by atoms with Crippen LogP contribution in [0, 0.1) is 0 Å². The summed E-state index contributed by atoms with van der Waals surface area (Å²) in [7, 11) is 0. The van der Waals surface area contributed by atoms with E-state index in [0.29, 0.717) is 5.56 Å². The minimum atomic E-state index is -0.388. The van der Waals surface area contributed by atoms with Crippen LogP contribution in [0.25, 0.3) is 0 Å². The average Bonchev–Trinajstić information content (AvgIpc) is 2.04. The zero-order chi connectivity index (χ0) is 9.84. The number of rotatable bonds is 1. The molecule has 0 spiro atoms. The molecule has 0 fully saturated rings. The molecule has 0 saturated carbocycles. The molecule has 1 rings (SSSR count). The van der Waals surface area contributed by atoms with Crippen molar-refractivity contribution in [2.45, 2.75) is 11.8 Å². The molecular formula is C9H9NO2S. The number of imide groups is 1. The van der Waals surface area contributed by atoms with E-state index in [2.05, 4.69) is 17.9 Å². The molecule has 1 aromatic rings. The van der Waals surface area contributed by atoms with E-state index in [4.69, 9.17) is 0 Å². The van der Waals surface area contributed by atoms with E-state index in [1.165, 1.54) is 6.92 Å². The van der Waals surface area contributed by atoms with Crippen LogP contribution >= 0.6 is 12.6 Å². The zero-order valence-electron chi connectivity index (χ0n) is 7.07. The van der Waals surface area contributed by atoms with Crippen LogP contribution in [0.15, 0.2) is 29.2 Å². The molecule has 0 aliphatic carbocycles. The maximum Gasteiger partial charge on any atom is 0.257 e. The fraction of sp³-hybridized carbons (Fsp3) is 0.111. The normalized spacial score (nSPS) is 9.38. The van der Waals surface area contributed by atoms with Gasteiger partial charge in [-0.05, 0) is 24.3 Å². The molecule has 13 heavy (non-hydrogen) atoms. The summed E-state index contributed by atoms with van der Waals surface area (Å²) in [5.41, 5.74) is 0.452. The van der Waals surface area contributed by atoms with Crippen LogP contribution in [0.2, 0.25) is 0 Å². The van der Waals surface area contributed by atoms with Crippen molar-refractivity contribution in [2.24, 2.45) is 0 Å². The van der Waals surface area contributed by atoms with Crippen molar-refractivity contribution in [1.29, 1.82) is 0 Å². The van der Waals surface area contributed by atoms with Crippen molar-refractivity contribution in [3.8, 4) is 0 Å². The van der Waals surface area contributed by atoms with Gasteiger partial charge in [0.25, 0.3) is 5.91 Å². The van der Waals surface area contributed by atoms with Gasteiger partial charge in [-0.3, -0.25) is 14.9 Å². The molecule has 0 aromatic heterocycles. The van der Waals surface area contributed by atoms with Crippen molar-refractivity contribution in [3.05, 3.63) is 29.8 Å². The maximum absolute atomic E-state index is 11.2. The van der Waals surface area contributed by atoms with E-state index in [0.717, 1.165) is 4.90 Å². The monoisotopic (exact) mass is 195 g/mol. The third kappa shape index (κ3) is 2.91. The number of amides is 2. The Morgan fingerprint density at radius 3 is 2.23 bits per heavy atom. The molecule has 0 bridgehead atoms. The second kappa shape index (κ2) is 4.09. The third-order valence-corrected chi connectivity index (χ3v) is 1.72. The molecule has 68 valence electrons. The van der Waals surface area contributed by atoms with Crippen molar-refractivity contribution in [2.75, 3.05) is 0 Å². The van der Waals surface area contributed by atoms with Crippen molar-refractivity contribution in [1.82, 2.24) is 5.32 Å². The highest BCUT2D eigenvalue weighted by molar-refractivity contribution is 7.80. The van der Waals surface area contributed by atoms with E-state index in [1.807, 2.05) is 0 Å². The van der Waals surface area contributed by atoms with E-state index >= 15 is 0 Å². The Labute approximate surface area is 81.6 Å². The highest BCUT2D eigenvalue weighted by atomic mass is 32.1. The van der Waals surface area contributed by atoms with Gasteiger partial charge in [-0.2, -0.15) is 0 Å². The molecule has 3 nitrogen and oxygen atoms in total. The lowest BCUT2D eigenvalue weighted by molar-refractivity contribution is -0.118. The molecule has 0 aliphatic rings. The molecule has 0 atom stereocenters. The lowest BCUT2D eigenvalue weighted by Gasteiger charge is -2.00. The van der Waals surface area contributed by atoms with Crippen LogP contribution < -0.4 is 5.32 Å². The SMILES string of the molecule is CC(=O)NC(=O)c1ccc(S)cc1. The summed E-state index contributed by atoms with van der Waals surface area (Å²) in [6, 6.07) is 6.61. The van der Waals surface area contributed by atoms with Gasteiger partial charge in [-0.15, -0.1) is 12.6 Å². The lowest BCUT2D eigenvalue weighted by atomic mass is 10.2. The minimum Gasteiger partial charge on any atom is -0.293 e. The number of nitrogens with one attached hydrogen (secondary N) is 1. The van der Waals surface area contributed by atoms with Gasteiger partial charge in [0.15, 0.2) is 0 Å². The second-order valence-electron chi connectivity index (χ2n) is 2.56. The zero-order valence-corrected chi connectivity index (χ0v) is 7.97. The van der Waals surface area contributed by atoms with Crippen molar-refractivity contribution >= 4 is 24.4 Å².